The molecule has 0 aromatic rings. The van der Waals surface area contributed by atoms with Gasteiger partial charge in [-0.05, 0) is 44.7 Å². The summed E-state index contributed by atoms with van der Waals surface area (Å²) in [7, 11) is -3.28. The Morgan fingerprint density at radius 2 is 1.84 bits per heavy atom. The third-order valence-electron chi connectivity index (χ3n) is 4.45. The van der Waals surface area contributed by atoms with Gasteiger partial charge in [-0.15, -0.1) is 0 Å². The Hall–Kier alpha value is -0.170. The van der Waals surface area contributed by atoms with Crippen molar-refractivity contribution in [2.75, 3.05) is 32.7 Å². The smallest absolute Gasteiger partial charge is 0.282 e. The summed E-state index contributed by atoms with van der Waals surface area (Å²) in [4.78, 5) is 0. The van der Waals surface area contributed by atoms with Gasteiger partial charge >= 0.3 is 0 Å². The van der Waals surface area contributed by atoms with Crippen LogP contribution in [0, 0.1) is 11.8 Å². The van der Waals surface area contributed by atoms with Crippen molar-refractivity contribution in [2.24, 2.45) is 11.8 Å². The van der Waals surface area contributed by atoms with Gasteiger partial charge in [0.05, 0.1) is 0 Å². The first-order valence-corrected chi connectivity index (χ1v) is 8.89. The van der Waals surface area contributed by atoms with Gasteiger partial charge in [-0.25, -0.2) is 0 Å². The van der Waals surface area contributed by atoms with Crippen LogP contribution in [0.3, 0.4) is 0 Å². The summed E-state index contributed by atoms with van der Waals surface area (Å²) in [5.74, 6) is 0.981. The number of hydrogen-bond donors (Lipinski definition) is 1. The van der Waals surface area contributed by atoms with Crippen LogP contribution in [0.5, 0.6) is 0 Å². The van der Waals surface area contributed by atoms with Crippen molar-refractivity contribution in [1.29, 1.82) is 0 Å². The van der Waals surface area contributed by atoms with Gasteiger partial charge in [-0.3, -0.25) is 0 Å². The van der Waals surface area contributed by atoms with E-state index in [1.165, 1.54) is 0 Å². The minimum Gasteiger partial charge on any atom is -0.316 e. The summed E-state index contributed by atoms with van der Waals surface area (Å²) in [6.45, 7) is 9.99. The Labute approximate surface area is 117 Å². The van der Waals surface area contributed by atoms with Crippen LogP contribution in [0.2, 0.25) is 0 Å². The first-order chi connectivity index (χ1) is 9.02. The first-order valence-electron chi connectivity index (χ1n) is 7.50. The normalized spacial score (nSPS) is 32.1. The van der Waals surface area contributed by atoms with Crippen LogP contribution in [0.4, 0.5) is 0 Å². The predicted molar refractivity (Wildman–Crippen MR) is 77.1 cm³/mol. The highest BCUT2D eigenvalue weighted by Crippen LogP contribution is 2.35. The molecule has 0 saturated carbocycles. The van der Waals surface area contributed by atoms with Gasteiger partial charge in [-0.2, -0.15) is 17.0 Å². The third kappa shape index (κ3) is 2.82. The fourth-order valence-electron chi connectivity index (χ4n) is 3.42. The molecule has 0 aliphatic carbocycles. The molecule has 0 amide bonds. The molecule has 2 aliphatic rings. The van der Waals surface area contributed by atoms with Gasteiger partial charge in [0.25, 0.3) is 10.2 Å². The van der Waals surface area contributed by atoms with E-state index in [2.05, 4.69) is 12.2 Å². The summed E-state index contributed by atoms with van der Waals surface area (Å²) >= 11 is 0. The van der Waals surface area contributed by atoms with Crippen LogP contribution in [0.25, 0.3) is 0 Å². The van der Waals surface area contributed by atoms with Crippen molar-refractivity contribution in [3.05, 3.63) is 0 Å². The molecule has 5 nitrogen and oxygen atoms in total. The zero-order chi connectivity index (χ0) is 14.0. The predicted octanol–water partition coefficient (Wildman–Crippen LogP) is 0.893. The zero-order valence-electron chi connectivity index (χ0n) is 12.3. The fraction of sp³-hybridized carbons (Fsp3) is 1.00. The molecular formula is C13H27N3O2S. The molecule has 6 heteroatoms. The summed E-state index contributed by atoms with van der Waals surface area (Å²) < 4.78 is 29.0. The van der Waals surface area contributed by atoms with E-state index in [-0.39, 0.29) is 6.04 Å². The second-order valence-corrected chi connectivity index (χ2v) is 7.68. The molecule has 2 saturated heterocycles. The second-order valence-electron chi connectivity index (χ2n) is 5.80. The molecule has 0 aromatic heterocycles. The Morgan fingerprint density at radius 3 is 2.37 bits per heavy atom. The number of rotatable bonds is 6. The van der Waals surface area contributed by atoms with Gasteiger partial charge < -0.3 is 5.32 Å². The van der Waals surface area contributed by atoms with Gasteiger partial charge in [0.1, 0.15) is 0 Å². The molecule has 19 heavy (non-hydrogen) atoms. The highest BCUT2D eigenvalue weighted by molar-refractivity contribution is 7.86. The van der Waals surface area contributed by atoms with Gasteiger partial charge in [0.15, 0.2) is 0 Å². The Kier molecular flexibility index (Phi) is 4.87. The average Bonchev–Trinajstić information content (AvgIpc) is 2.93. The number of hydrogen-bond acceptors (Lipinski definition) is 3. The molecule has 1 N–H and O–H groups in total. The lowest BCUT2D eigenvalue weighted by atomic mass is 9.95. The van der Waals surface area contributed by atoms with Crippen molar-refractivity contribution in [2.45, 2.75) is 39.7 Å². The maximum atomic E-state index is 12.8. The van der Waals surface area contributed by atoms with Crippen molar-refractivity contribution in [3.8, 4) is 0 Å². The van der Waals surface area contributed by atoms with Crippen LogP contribution < -0.4 is 5.32 Å². The molecule has 0 radical (unpaired) electrons. The third-order valence-corrected chi connectivity index (χ3v) is 6.54. The van der Waals surface area contributed by atoms with Crippen molar-refractivity contribution < 1.29 is 8.42 Å². The van der Waals surface area contributed by atoms with Crippen LogP contribution >= 0.6 is 0 Å². The standard InChI is InChI=1S/C13H27N3O2S/c1-4-6-15(7-5-2)19(17,18)16-10-12-8-14-9-13(12)11(16)3/h11-14H,4-10H2,1-3H3. The van der Waals surface area contributed by atoms with Crippen molar-refractivity contribution >= 4 is 10.2 Å². The Balaban J connectivity index is 2.14. The highest BCUT2D eigenvalue weighted by atomic mass is 32.2. The van der Waals surface area contributed by atoms with E-state index in [0.717, 1.165) is 25.9 Å². The van der Waals surface area contributed by atoms with Crippen LogP contribution in [0.15, 0.2) is 0 Å². The summed E-state index contributed by atoms with van der Waals surface area (Å²) in [6.07, 6.45) is 1.74. The van der Waals surface area contributed by atoms with Crippen LogP contribution in [0.1, 0.15) is 33.6 Å². The summed E-state index contributed by atoms with van der Waals surface area (Å²) in [6, 6.07) is 0.126. The first kappa shape index (κ1) is 15.2. The lowest BCUT2D eigenvalue weighted by Gasteiger charge is -2.30. The number of fused-ring (bicyclic) bond motifs is 1. The van der Waals surface area contributed by atoms with Crippen molar-refractivity contribution in [3.63, 3.8) is 0 Å². The molecular weight excluding hydrogens is 262 g/mol. The highest BCUT2D eigenvalue weighted by Gasteiger charge is 2.47. The zero-order valence-corrected chi connectivity index (χ0v) is 13.1. The maximum Gasteiger partial charge on any atom is 0.282 e. The lowest BCUT2D eigenvalue weighted by molar-refractivity contribution is 0.311. The molecule has 112 valence electrons. The Bertz CT molecular complexity index is 393. The fourth-order valence-corrected chi connectivity index (χ4v) is 5.50. The van der Waals surface area contributed by atoms with E-state index in [0.29, 0.717) is 31.5 Å². The number of nitrogens with zero attached hydrogens (tertiary/aromatic N) is 2. The molecule has 2 rings (SSSR count). The summed E-state index contributed by atoms with van der Waals surface area (Å²) in [5, 5.41) is 3.37. The minimum atomic E-state index is -3.28. The Morgan fingerprint density at radius 1 is 1.21 bits per heavy atom. The van der Waals surface area contributed by atoms with Crippen molar-refractivity contribution in [1.82, 2.24) is 13.9 Å². The monoisotopic (exact) mass is 289 g/mol. The topological polar surface area (TPSA) is 52.7 Å². The molecule has 3 atom stereocenters. The van der Waals surface area contributed by atoms with E-state index in [1.54, 1.807) is 8.61 Å². The average molecular weight is 289 g/mol. The molecule has 2 heterocycles. The molecule has 0 bridgehead atoms. The second kappa shape index (κ2) is 6.08. The maximum absolute atomic E-state index is 12.8. The van der Waals surface area contributed by atoms with Gasteiger partial charge in [-0.1, -0.05) is 13.8 Å². The minimum absolute atomic E-state index is 0.126. The van der Waals surface area contributed by atoms with Gasteiger partial charge in [0, 0.05) is 25.7 Å². The van der Waals surface area contributed by atoms with Gasteiger partial charge in [0.2, 0.25) is 0 Å². The van der Waals surface area contributed by atoms with E-state index in [4.69, 9.17) is 0 Å². The largest absolute Gasteiger partial charge is 0.316 e. The molecule has 2 fully saturated rings. The van der Waals surface area contributed by atoms with E-state index in [1.807, 2.05) is 13.8 Å². The molecule has 0 aromatic carbocycles. The number of nitrogens with one attached hydrogen (secondary N) is 1. The molecule has 2 aliphatic heterocycles. The van der Waals surface area contributed by atoms with Crippen LogP contribution in [-0.4, -0.2) is 55.8 Å². The van der Waals surface area contributed by atoms with E-state index in [9.17, 15) is 8.42 Å². The van der Waals surface area contributed by atoms with E-state index < -0.39 is 10.2 Å². The van der Waals surface area contributed by atoms with E-state index >= 15 is 0 Å². The SMILES string of the molecule is CCCN(CCC)S(=O)(=O)N1CC2CNCC2C1C. The lowest BCUT2D eigenvalue weighted by Crippen LogP contribution is -2.47. The van der Waals surface area contributed by atoms with Crippen LogP contribution in [-0.2, 0) is 10.2 Å². The molecule has 3 unspecified atom stereocenters. The summed E-state index contributed by atoms with van der Waals surface area (Å²) in [5.41, 5.74) is 0. The quantitative estimate of drug-likeness (QED) is 0.790. The molecule has 0 spiro atoms.